The van der Waals surface area contributed by atoms with E-state index in [1.807, 2.05) is 7.05 Å². The van der Waals surface area contributed by atoms with E-state index >= 15 is 0 Å². The van der Waals surface area contributed by atoms with Crippen LogP contribution in [0.25, 0.3) is 0 Å². The summed E-state index contributed by atoms with van der Waals surface area (Å²) in [5, 5.41) is 8.37. The molecule has 0 amide bonds. The fraction of sp³-hybridized carbons (Fsp3) is 0.818. The van der Waals surface area contributed by atoms with Crippen molar-refractivity contribution in [2.45, 2.75) is 44.4 Å². The van der Waals surface area contributed by atoms with Gasteiger partial charge in [-0.05, 0) is 18.8 Å². The van der Waals surface area contributed by atoms with Gasteiger partial charge in [-0.2, -0.15) is 0 Å². The molecule has 1 fully saturated rings. The van der Waals surface area contributed by atoms with Gasteiger partial charge in [0.1, 0.15) is 11.6 Å². The van der Waals surface area contributed by atoms with Crippen LogP contribution in [-0.4, -0.2) is 14.8 Å². The summed E-state index contributed by atoms with van der Waals surface area (Å²) in [7, 11) is 2.02. The Balaban J connectivity index is 2.12. The molecule has 1 aromatic heterocycles. The van der Waals surface area contributed by atoms with Gasteiger partial charge in [-0.1, -0.05) is 19.8 Å². The van der Waals surface area contributed by atoms with E-state index in [1.165, 1.54) is 25.7 Å². The van der Waals surface area contributed by atoms with Gasteiger partial charge in [0.05, 0.1) is 5.88 Å². The Bertz CT molecular complexity index is 327. The van der Waals surface area contributed by atoms with Crippen LogP contribution in [0.5, 0.6) is 0 Å². The molecule has 0 atom stereocenters. The molecule has 0 spiro atoms. The van der Waals surface area contributed by atoms with Crippen molar-refractivity contribution in [3.8, 4) is 0 Å². The summed E-state index contributed by atoms with van der Waals surface area (Å²) in [6.07, 6.45) is 5.12. The molecule has 1 saturated carbocycles. The number of alkyl halides is 1. The predicted octanol–water partition coefficient (Wildman–Crippen LogP) is 2.85. The van der Waals surface area contributed by atoms with Crippen molar-refractivity contribution in [2.24, 2.45) is 13.0 Å². The van der Waals surface area contributed by atoms with Crippen molar-refractivity contribution < 1.29 is 0 Å². The summed E-state index contributed by atoms with van der Waals surface area (Å²) in [5.74, 6) is 3.92. The monoisotopic (exact) mass is 227 g/mol. The average Bonchev–Trinajstić information content (AvgIpc) is 2.61. The second-order valence-electron chi connectivity index (χ2n) is 4.62. The molecule has 1 aliphatic carbocycles. The number of hydrogen-bond acceptors (Lipinski definition) is 2. The highest BCUT2D eigenvalue weighted by Gasteiger charge is 2.24. The molecule has 0 aliphatic heterocycles. The number of rotatable bonds is 2. The molecule has 0 saturated heterocycles. The van der Waals surface area contributed by atoms with E-state index < -0.39 is 0 Å². The Morgan fingerprint density at radius 3 is 2.47 bits per heavy atom. The first-order chi connectivity index (χ1) is 7.22. The van der Waals surface area contributed by atoms with E-state index in [0.29, 0.717) is 11.8 Å². The van der Waals surface area contributed by atoms with Crippen molar-refractivity contribution >= 4 is 11.6 Å². The van der Waals surface area contributed by atoms with Crippen molar-refractivity contribution in [1.82, 2.24) is 14.8 Å². The molecule has 0 N–H and O–H groups in total. The zero-order valence-corrected chi connectivity index (χ0v) is 10.2. The zero-order valence-electron chi connectivity index (χ0n) is 9.41. The maximum Gasteiger partial charge on any atom is 0.147 e. The number of aromatic nitrogens is 3. The summed E-state index contributed by atoms with van der Waals surface area (Å²) >= 11 is 5.78. The minimum absolute atomic E-state index is 0.451. The largest absolute Gasteiger partial charge is 0.317 e. The van der Waals surface area contributed by atoms with Gasteiger partial charge in [-0.3, -0.25) is 0 Å². The van der Waals surface area contributed by atoms with Crippen molar-refractivity contribution in [2.75, 3.05) is 0 Å². The maximum absolute atomic E-state index is 5.78. The Kier molecular flexibility index (Phi) is 3.29. The zero-order chi connectivity index (χ0) is 10.8. The van der Waals surface area contributed by atoms with Gasteiger partial charge in [-0.15, -0.1) is 21.8 Å². The van der Waals surface area contributed by atoms with Crippen LogP contribution in [0.15, 0.2) is 0 Å². The van der Waals surface area contributed by atoms with Gasteiger partial charge in [0, 0.05) is 13.0 Å². The predicted molar refractivity (Wildman–Crippen MR) is 60.9 cm³/mol. The van der Waals surface area contributed by atoms with Crippen LogP contribution in [0.1, 0.15) is 50.2 Å². The van der Waals surface area contributed by atoms with E-state index in [0.717, 1.165) is 17.6 Å². The van der Waals surface area contributed by atoms with Crippen LogP contribution in [0.3, 0.4) is 0 Å². The van der Waals surface area contributed by atoms with Gasteiger partial charge in [0.2, 0.25) is 0 Å². The van der Waals surface area contributed by atoms with Crippen LogP contribution in [0, 0.1) is 5.92 Å². The Morgan fingerprint density at radius 2 is 1.93 bits per heavy atom. The molecular formula is C11H18ClN3. The van der Waals surface area contributed by atoms with Crippen molar-refractivity contribution in [3.05, 3.63) is 11.6 Å². The lowest BCUT2D eigenvalue weighted by molar-refractivity contribution is 0.335. The maximum atomic E-state index is 5.78. The van der Waals surface area contributed by atoms with E-state index in [9.17, 15) is 0 Å². The van der Waals surface area contributed by atoms with Gasteiger partial charge in [-0.25, -0.2) is 0 Å². The van der Waals surface area contributed by atoms with Crippen LogP contribution in [0.4, 0.5) is 0 Å². The first-order valence-corrected chi connectivity index (χ1v) is 6.20. The van der Waals surface area contributed by atoms with Gasteiger partial charge < -0.3 is 4.57 Å². The van der Waals surface area contributed by atoms with Crippen LogP contribution >= 0.6 is 11.6 Å². The molecular weight excluding hydrogens is 210 g/mol. The highest BCUT2D eigenvalue weighted by Crippen LogP contribution is 2.34. The summed E-state index contributed by atoms with van der Waals surface area (Å²) in [4.78, 5) is 0. The summed E-state index contributed by atoms with van der Waals surface area (Å²) < 4.78 is 2.06. The van der Waals surface area contributed by atoms with E-state index in [4.69, 9.17) is 11.6 Å². The summed E-state index contributed by atoms with van der Waals surface area (Å²) in [5.41, 5.74) is 0. The lowest BCUT2D eigenvalue weighted by atomic mass is 9.82. The second kappa shape index (κ2) is 4.52. The molecule has 0 aromatic carbocycles. The second-order valence-corrected chi connectivity index (χ2v) is 4.89. The third-order valence-corrected chi connectivity index (χ3v) is 3.74. The van der Waals surface area contributed by atoms with Crippen LogP contribution in [0.2, 0.25) is 0 Å². The van der Waals surface area contributed by atoms with Gasteiger partial charge >= 0.3 is 0 Å². The van der Waals surface area contributed by atoms with Crippen LogP contribution in [-0.2, 0) is 12.9 Å². The molecule has 0 radical (unpaired) electrons. The number of nitrogens with zero attached hydrogens (tertiary/aromatic N) is 3. The van der Waals surface area contributed by atoms with E-state index in [-0.39, 0.29) is 0 Å². The molecule has 1 aliphatic rings. The van der Waals surface area contributed by atoms with E-state index in [2.05, 4.69) is 21.7 Å². The van der Waals surface area contributed by atoms with Gasteiger partial charge in [0.15, 0.2) is 0 Å². The molecule has 0 unspecified atom stereocenters. The lowest BCUT2D eigenvalue weighted by Gasteiger charge is -2.25. The van der Waals surface area contributed by atoms with Crippen molar-refractivity contribution in [3.63, 3.8) is 0 Å². The molecule has 3 nitrogen and oxygen atoms in total. The SMILES string of the molecule is CC1CCC(c2nnc(CCl)n2C)CC1. The third kappa shape index (κ3) is 2.17. The average molecular weight is 228 g/mol. The molecule has 1 aromatic rings. The number of halogens is 1. The van der Waals surface area contributed by atoms with Crippen LogP contribution < -0.4 is 0 Å². The highest BCUT2D eigenvalue weighted by molar-refractivity contribution is 6.16. The molecule has 15 heavy (non-hydrogen) atoms. The molecule has 1 heterocycles. The minimum Gasteiger partial charge on any atom is -0.317 e. The molecule has 0 bridgehead atoms. The highest BCUT2D eigenvalue weighted by atomic mass is 35.5. The first-order valence-electron chi connectivity index (χ1n) is 5.66. The minimum atomic E-state index is 0.451. The first kappa shape index (κ1) is 10.9. The smallest absolute Gasteiger partial charge is 0.147 e. The quantitative estimate of drug-likeness (QED) is 0.728. The molecule has 2 rings (SSSR count). The summed E-state index contributed by atoms with van der Waals surface area (Å²) in [6.45, 7) is 2.33. The molecule has 84 valence electrons. The standard InChI is InChI=1S/C11H18ClN3/c1-8-3-5-9(6-4-8)11-14-13-10(7-12)15(11)2/h8-9H,3-7H2,1-2H3. The molecule has 4 heteroatoms. The normalized spacial score (nSPS) is 26.9. The van der Waals surface area contributed by atoms with Gasteiger partial charge in [0.25, 0.3) is 0 Å². The lowest BCUT2D eigenvalue weighted by Crippen LogP contribution is -2.14. The Hall–Kier alpha value is -0.570. The fourth-order valence-corrected chi connectivity index (χ4v) is 2.60. The summed E-state index contributed by atoms with van der Waals surface area (Å²) in [6, 6.07) is 0. The van der Waals surface area contributed by atoms with Crippen molar-refractivity contribution in [1.29, 1.82) is 0 Å². The third-order valence-electron chi connectivity index (χ3n) is 3.50. The Morgan fingerprint density at radius 1 is 1.27 bits per heavy atom. The van der Waals surface area contributed by atoms with E-state index in [1.54, 1.807) is 0 Å². The Labute approximate surface area is 95.8 Å². The topological polar surface area (TPSA) is 30.7 Å². The fourth-order valence-electron chi connectivity index (χ4n) is 2.37. The number of hydrogen-bond donors (Lipinski definition) is 0.